The maximum Gasteiger partial charge on any atom is 0.280 e. The molecule has 1 aromatic heterocycles. The average Bonchev–Trinajstić information content (AvgIpc) is 0.927. The molecule has 3 heterocycles. The molecule has 0 N–H and O–H groups in total. The predicted octanol–water partition coefficient (Wildman–Crippen LogP) is 24.6. The van der Waals surface area contributed by atoms with Crippen LogP contribution in [-0.2, 0) is 11.3 Å². The van der Waals surface area contributed by atoms with Crippen molar-refractivity contribution in [3.05, 3.63) is 395 Å². The first-order valence-electron chi connectivity index (χ1n) is 47.5. The predicted molar refractivity (Wildman–Crippen MR) is 554 cm³/mol. The van der Waals surface area contributed by atoms with Gasteiger partial charge in [-0.25, -0.2) is 0 Å². The summed E-state index contributed by atoms with van der Waals surface area (Å²) in [5.74, 6) is 6.34. The van der Waals surface area contributed by atoms with Crippen LogP contribution >= 0.6 is 0 Å². The summed E-state index contributed by atoms with van der Waals surface area (Å²) in [4.78, 5) is 41.5. The highest BCUT2D eigenvalue weighted by molar-refractivity contribution is 6.01. The van der Waals surface area contributed by atoms with E-state index >= 15 is 0 Å². The maximum absolute atomic E-state index is 11.9. The van der Waals surface area contributed by atoms with Crippen molar-refractivity contribution in [3.63, 3.8) is 0 Å². The van der Waals surface area contributed by atoms with Crippen molar-refractivity contribution in [1.82, 2.24) is 19.3 Å². The molecule has 2 aliphatic heterocycles. The molecule has 0 amide bonds. The van der Waals surface area contributed by atoms with Crippen LogP contribution in [0.4, 0.5) is 17.1 Å². The second-order valence-corrected chi connectivity index (χ2v) is 33.8. The number of piperazine rings is 1. The van der Waals surface area contributed by atoms with Gasteiger partial charge in [0.15, 0.2) is 34.5 Å². The molecule has 15 rings (SSSR count). The number of morpholine rings is 1. The van der Waals surface area contributed by atoms with Gasteiger partial charge in [-0.1, -0.05) is 185 Å². The van der Waals surface area contributed by atoms with Gasteiger partial charge in [-0.3, -0.25) is 40.1 Å². The lowest BCUT2D eigenvalue weighted by molar-refractivity contribution is -0.386. The Morgan fingerprint density at radius 1 is 0.312 bits per heavy atom. The average molecular weight is 1910 g/mol. The molecule has 0 radical (unpaired) electrons. The molecule has 2 saturated heterocycles. The Bertz CT molecular complexity index is 6310. The number of nitro benzene ring substituents is 3. The second-order valence-electron chi connectivity index (χ2n) is 33.8. The van der Waals surface area contributed by atoms with Crippen LogP contribution in [0, 0.1) is 30.3 Å². The first-order chi connectivity index (χ1) is 68.6. The van der Waals surface area contributed by atoms with Gasteiger partial charge in [0.25, 0.3) is 17.1 Å². The van der Waals surface area contributed by atoms with Crippen molar-refractivity contribution in [2.75, 3.05) is 135 Å². The third-order valence-electron chi connectivity index (χ3n) is 25.0. The van der Waals surface area contributed by atoms with Crippen molar-refractivity contribution in [1.29, 1.82) is 0 Å². The highest BCUT2D eigenvalue weighted by atomic mass is 16.6. The van der Waals surface area contributed by atoms with Crippen LogP contribution in [0.3, 0.4) is 0 Å². The van der Waals surface area contributed by atoms with Crippen LogP contribution in [0.1, 0.15) is 146 Å². The summed E-state index contributed by atoms with van der Waals surface area (Å²) in [6.45, 7) is 24.0. The van der Waals surface area contributed by atoms with Gasteiger partial charge in [-0.05, 0) is 234 Å². The summed E-state index contributed by atoms with van der Waals surface area (Å²) in [6.07, 6.45) is 4.67. The fraction of sp³-hybridized carbons (Fsp3) is 0.287. The maximum atomic E-state index is 11.9. The van der Waals surface area contributed by atoms with Gasteiger partial charge in [0, 0.05) is 64.8 Å². The lowest BCUT2D eigenvalue weighted by Crippen LogP contribution is -2.45. The van der Waals surface area contributed by atoms with Gasteiger partial charge in [0.1, 0.15) is 72.6 Å². The summed E-state index contributed by atoms with van der Waals surface area (Å²) in [5, 5.41) is 35.7. The SMILES string of the molecule is CC/C(=C(/c1ccc(OCCN2CCN(C)CC2)cc1)c1ccc(OC(C)c2cc(OC)c(OC)cc2[N+](=O)[O-])cc1)c1ccccc1.CC/C(=C(/c1ccc(OCCN2CCOCC2)cc1)c1ccc(OC(C)c2cc(OC)c(OC)cc2[N+](=O)[O-])cc1)c1ccccc1.CC/C(=C(/c1ccc(OCCn2cccc2)cc1)c1ccc(OC(C)c2cc(OC)c(OC)cc2[N+](=O)[O-])cc1)c1ccccc1. The van der Waals surface area contributed by atoms with E-state index in [-0.39, 0.29) is 28.6 Å². The Kier molecular flexibility index (Phi) is 37.6. The van der Waals surface area contributed by atoms with Crippen LogP contribution in [-0.4, -0.2) is 169 Å². The van der Waals surface area contributed by atoms with Gasteiger partial charge in [-0.15, -0.1) is 0 Å². The number of benzene rings is 12. The molecule has 3 unspecified atom stereocenters. The van der Waals surface area contributed by atoms with Crippen molar-refractivity contribution in [2.24, 2.45) is 0 Å². The Hall–Kier alpha value is -15.2. The summed E-state index contributed by atoms with van der Waals surface area (Å²) >= 11 is 0. The standard InChI is InChI=1S/C39H45N3O6.C38H42N2O7.C38H38N2O6/c1-6-34(29-10-8-7-9-11-29)39(30-12-16-32(17-13-30)47-25-24-41-22-20-40(3)21-23-41)31-14-18-33(19-15-31)48-28(2)35-26-37(45-4)38(46-5)27-36(35)42(43)44;1-5-33(28-9-7-6-8-10-28)38(29-11-15-31(16-12-29)46-24-21-39-19-22-45-23-20-39)30-13-17-32(18-14-30)47-27(2)34-25-36(43-3)37(44-4)26-35(34)40(41)42;1-5-33(28-11-7-6-8-12-28)38(29-13-17-31(18-14-29)45-24-23-39-21-9-10-22-39)30-15-19-32(20-16-30)46-27(2)34-25-36(43-3)37(44-4)26-35(34)40(41)42/h7-19,26-28H,6,20-25H2,1-5H3;6-18,25-27H,5,19-24H2,1-4H3;6-22,25-27H,5,23-24H2,1-4H3/b39-34+;2*38-33+. The van der Waals surface area contributed by atoms with Gasteiger partial charge >= 0.3 is 0 Å². The fourth-order valence-corrected chi connectivity index (χ4v) is 17.5. The van der Waals surface area contributed by atoms with Gasteiger partial charge in [-0.2, -0.15) is 0 Å². The molecule has 0 spiro atoms. The number of aromatic nitrogens is 1. The smallest absolute Gasteiger partial charge is 0.280 e. The highest BCUT2D eigenvalue weighted by Gasteiger charge is 2.30. The van der Waals surface area contributed by atoms with Crippen LogP contribution < -0.4 is 56.8 Å². The zero-order chi connectivity index (χ0) is 99.7. The monoisotopic (exact) mass is 1910 g/mol. The first-order valence-corrected chi connectivity index (χ1v) is 47.5. The number of methoxy groups -OCH3 is 6. The number of hydrogen-bond acceptors (Lipinski definition) is 22. The lowest BCUT2D eigenvalue weighted by Gasteiger charge is -2.32. The number of nitrogens with zero attached hydrogens (tertiary/aromatic N) is 7. The van der Waals surface area contributed by atoms with E-state index in [2.05, 4.69) is 156 Å². The molecule has 0 saturated carbocycles. The largest absolute Gasteiger partial charge is 0.493 e. The van der Waals surface area contributed by atoms with Crippen molar-refractivity contribution >= 4 is 50.5 Å². The topological polar surface area (TPSA) is 264 Å². The quantitative estimate of drug-likeness (QED) is 0.0195. The van der Waals surface area contributed by atoms with Crippen molar-refractivity contribution in [3.8, 4) is 69.0 Å². The first kappa shape index (κ1) is 103. The highest BCUT2D eigenvalue weighted by Crippen LogP contribution is 2.46. The molecule has 13 aromatic rings. The fourth-order valence-electron chi connectivity index (χ4n) is 17.5. The van der Waals surface area contributed by atoms with Crippen LogP contribution in [0.2, 0.25) is 0 Å². The number of rotatable bonds is 42. The molecule has 0 aliphatic carbocycles. The molecule has 2 aliphatic rings. The molecule has 141 heavy (non-hydrogen) atoms. The minimum absolute atomic E-state index is 0.0933. The minimum Gasteiger partial charge on any atom is -0.493 e. The van der Waals surface area contributed by atoms with Crippen LogP contribution in [0.25, 0.3) is 33.4 Å². The van der Waals surface area contributed by atoms with Crippen molar-refractivity contribution in [2.45, 2.75) is 85.7 Å². The zero-order valence-corrected chi connectivity index (χ0v) is 82.4. The van der Waals surface area contributed by atoms with Gasteiger partial charge in [0.05, 0.1) is 112 Å². The Morgan fingerprint density at radius 2 is 0.560 bits per heavy atom. The van der Waals surface area contributed by atoms with E-state index in [4.69, 9.17) is 61.6 Å². The Balaban J connectivity index is 0.000000178. The van der Waals surface area contributed by atoms with Crippen LogP contribution in [0.5, 0.6) is 69.0 Å². The van der Waals surface area contributed by atoms with E-state index in [0.717, 1.165) is 175 Å². The van der Waals surface area contributed by atoms with E-state index in [9.17, 15) is 30.3 Å². The third-order valence-corrected chi connectivity index (χ3v) is 25.0. The second kappa shape index (κ2) is 51.4. The minimum atomic E-state index is -0.623. The lowest BCUT2D eigenvalue weighted by atomic mass is 9.88. The molecule has 12 aromatic carbocycles. The van der Waals surface area contributed by atoms with Gasteiger partial charge < -0.3 is 71.0 Å². The van der Waals surface area contributed by atoms with Crippen LogP contribution in [0.15, 0.2) is 298 Å². The van der Waals surface area contributed by atoms with Crippen molar-refractivity contribution < 1.29 is 76.3 Å². The molecular formula is C115H125N7O19. The summed E-state index contributed by atoms with van der Waals surface area (Å²) < 4.78 is 76.5. The normalized spacial score (nSPS) is 13.9. The number of allylic oxidation sites excluding steroid dienone is 3. The molecule has 0 bridgehead atoms. The molecule has 26 heteroatoms. The summed E-state index contributed by atoms with van der Waals surface area (Å²) in [6, 6.07) is 92.6. The van der Waals surface area contributed by atoms with Gasteiger partial charge in [0.2, 0.25) is 0 Å². The van der Waals surface area contributed by atoms with E-state index < -0.39 is 33.1 Å². The van der Waals surface area contributed by atoms with E-state index in [0.29, 0.717) is 76.8 Å². The number of nitro groups is 3. The Labute approximate surface area is 825 Å². The van der Waals surface area contributed by atoms with E-state index in [1.165, 1.54) is 77.6 Å². The summed E-state index contributed by atoms with van der Waals surface area (Å²) in [7, 11) is 11.0. The molecular weight excluding hydrogens is 1780 g/mol. The number of hydrogen-bond donors (Lipinski definition) is 0. The number of ether oxygens (including phenoxy) is 13. The Morgan fingerprint density at radius 3 is 0.816 bits per heavy atom. The third kappa shape index (κ3) is 27.4. The molecule has 734 valence electrons. The molecule has 2 fully saturated rings. The van der Waals surface area contributed by atoms with E-state index in [1.54, 1.807) is 39.0 Å². The molecule has 3 atom stereocenters. The zero-order valence-electron chi connectivity index (χ0n) is 82.4. The number of likely N-dealkylation sites (N-methyl/N-ethyl adjacent to an activating group) is 1. The summed E-state index contributed by atoms with van der Waals surface area (Å²) in [5.41, 5.74) is 17.7. The van der Waals surface area contributed by atoms with E-state index in [1.807, 2.05) is 152 Å². The molecule has 26 nitrogen and oxygen atoms in total.